The molecular weight excluding hydrogens is 268 g/mol. The van der Waals surface area contributed by atoms with Crippen LogP contribution in [0, 0.1) is 0 Å². The minimum absolute atomic E-state index is 0.436. The summed E-state index contributed by atoms with van der Waals surface area (Å²) in [6.07, 6.45) is 8.40. The quantitative estimate of drug-likeness (QED) is 0.707. The van der Waals surface area contributed by atoms with Gasteiger partial charge in [-0.05, 0) is 12.8 Å². The van der Waals surface area contributed by atoms with Crippen LogP contribution in [-0.2, 0) is 4.74 Å². The first-order valence-corrected chi connectivity index (χ1v) is 7.61. The number of hydrogen-bond acceptors (Lipinski definition) is 6. The molecule has 1 aliphatic rings. The molecule has 0 aliphatic heterocycles. The lowest BCUT2D eigenvalue weighted by atomic mass is 9.98. The van der Waals surface area contributed by atoms with E-state index in [4.69, 9.17) is 4.74 Å². The van der Waals surface area contributed by atoms with Crippen molar-refractivity contribution in [2.75, 3.05) is 30.8 Å². The van der Waals surface area contributed by atoms with Gasteiger partial charge in [-0.25, -0.2) is 4.98 Å². The summed E-state index contributed by atoms with van der Waals surface area (Å²) in [6.45, 7) is 1.42. The summed E-state index contributed by atoms with van der Waals surface area (Å²) >= 11 is 0. The molecule has 2 heterocycles. The van der Waals surface area contributed by atoms with Crippen LogP contribution in [0.15, 0.2) is 6.33 Å². The predicted molar refractivity (Wildman–Crippen MR) is 82.5 cm³/mol. The van der Waals surface area contributed by atoms with Crippen molar-refractivity contribution in [3.63, 3.8) is 0 Å². The van der Waals surface area contributed by atoms with Crippen LogP contribution in [0.2, 0.25) is 0 Å². The Balaban J connectivity index is 1.55. The summed E-state index contributed by atoms with van der Waals surface area (Å²) in [5, 5.41) is 6.24. The van der Waals surface area contributed by atoms with Gasteiger partial charge >= 0.3 is 0 Å². The Morgan fingerprint density at radius 3 is 2.95 bits per heavy atom. The Morgan fingerprint density at radius 1 is 1.29 bits per heavy atom. The molecule has 1 aliphatic carbocycles. The topological polar surface area (TPSA) is 87.8 Å². The van der Waals surface area contributed by atoms with E-state index < -0.39 is 0 Å². The molecule has 0 aromatic carbocycles. The Morgan fingerprint density at radius 2 is 2.14 bits per heavy atom. The largest absolute Gasteiger partial charge is 0.376 e. The Kier molecular flexibility index (Phi) is 4.49. The maximum Gasteiger partial charge on any atom is 0.226 e. The van der Waals surface area contributed by atoms with Gasteiger partial charge in [0.2, 0.25) is 5.95 Å². The highest BCUT2D eigenvalue weighted by Crippen LogP contribution is 2.20. The molecule has 7 nitrogen and oxygen atoms in total. The lowest BCUT2D eigenvalue weighted by Gasteiger charge is -2.22. The van der Waals surface area contributed by atoms with Gasteiger partial charge in [0.05, 0.1) is 19.0 Å². The van der Waals surface area contributed by atoms with Crippen LogP contribution < -0.4 is 10.6 Å². The minimum atomic E-state index is 0.436. The SMILES string of the molecule is CNc1nc(NCCOC2CCCCC2)c2[nH]cnc2n1. The Hall–Kier alpha value is -1.89. The zero-order valence-corrected chi connectivity index (χ0v) is 12.4. The fourth-order valence-corrected chi connectivity index (χ4v) is 2.70. The first kappa shape index (κ1) is 14.1. The number of anilines is 2. The highest BCUT2D eigenvalue weighted by molar-refractivity contribution is 5.83. The van der Waals surface area contributed by atoms with Crippen molar-refractivity contribution >= 4 is 22.9 Å². The normalized spacial score (nSPS) is 16.2. The molecule has 0 bridgehead atoms. The molecule has 2 aromatic heterocycles. The van der Waals surface area contributed by atoms with Gasteiger partial charge in [0.25, 0.3) is 0 Å². The third kappa shape index (κ3) is 3.41. The molecule has 0 spiro atoms. The Bertz CT molecular complexity index is 578. The molecule has 21 heavy (non-hydrogen) atoms. The summed E-state index contributed by atoms with van der Waals surface area (Å²) in [7, 11) is 1.80. The third-order valence-electron chi connectivity index (χ3n) is 3.81. The second-order valence-corrected chi connectivity index (χ2v) is 5.30. The van der Waals surface area contributed by atoms with E-state index in [2.05, 4.69) is 30.6 Å². The van der Waals surface area contributed by atoms with E-state index in [1.807, 2.05) is 0 Å². The molecule has 0 saturated heterocycles. The van der Waals surface area contributed by atoms with E-state index in [0.29, 0.717) is 24.3 Å². The number of nitrogens with zero attached hydrogens (tertiary/aromatic N) is 3. The number of fused-ring (bicyclic) bond motifs is 1. The molecule has 1 fully saturated rings. The summed E-state index contributed by atoms with van der Waals surface area (Å²) in [5.41, 5.74) is 1.48. The lowest BCUT2D eigenvalue weighted by molar-refractivity contribution is 0.0347. The van der Waals surface area contributed by atoms with Crippen LogP contribution in [0.1, 0.15) is 32.1 Å². The van der Waals surface area contributed by atoms with Crippen molar-refractivity contribution in [3.05, 3.63) is 6.33 Å². The van der Waals surface area contributed by atoms with E-state index in [0.717, 1.165) is 17.9 Å². The zero-order valence-electron chi connectivity index (χ0n) is 12.4. The van der Waals surface area contributed by atoms with Crippen molar-refractivity contribution in [2.45, 2.75) is 38.2 Å². The van der Waals surface area contributed by atoms with Gasteiger partial charge in [0.1, 0.15) is 5.52 Å². The van der Waals surface area contributed by atoms with Crippen molar-refractivity contribution < 1.29 is 4.74 Å². The summed E-state index contributed by atoms with van der Waals surface area (Å²) < 4.78 is 5.91. The molecule has 1 saturated carbocycles. The number of H-pyrrole nitrogens is 1. The van der Waals surface area contributed by atoms with Crippen molar-refractivity contribution in [1.29, 1.82) is 0 Å². The number of hydrogen-bond donors (Lipinski definition) is 3. The summed E-state index contributed by atoms with van der Waals surface area (Å²) in [4.78, 5) is 15.9. The molecule has 2 aromatic rings. The van der Waals surface area contributed by atoms with Gasteiger partial charge in [0.15, 0.2) is 11.5 Å². The Labute approximate surface area is 123 Å². The van der Waals surface area contributed by atoms with Gasteiger partial charge in [-0.2, -0.15) is 9.97 Å². The number of rotatable bonds is 6. The number of aromatic nitrogens is 4. The molecule has 0 radical (unpaired) electrons. The average molecular weight is 290 g/mol. The standard InChI is InChI=1S/C14H22N6O/c1-15-14-19-12(11-13(20-14)18-9-17-11)16-7-8-21-10-5-3-2-4-6-10/h9-10H,2-8H2,1H3,(H3,15,16,17,18,19,20). The molecule has 114 valence electrons. The van der Waals surface area contributed by atoms with E-state index >= 15 is 0 Å². The van der Waals surface area contributed by atoms with Crippen LogP contribution in [0.3, 0.4) is 0 Å². The monoisotopic (exact) mass is 290 g/mol. The smallest absolute Gasteiger partial charge is 0.226 e. The molecule has 3 N–H and O–H groups in total. The van der Waals surface area contributed by atoms with E-state index in [9.17, 15) is 0 Å². The number of imidazole rings is 1. The highest BCUT2D eigenvalue weighted by Gasteiger charge is 2.13. The molecular formula is C14H22N6O. The van der Waals surface area contributed by atoms with Crippen LogP contribution in [-0.4, -0.2) is 46.2 Å². The predicted octanol–water partition coefficient (Wildman–Crippen LogP) is 2.16. The first-order valence-electron chi connectivity index (χ1n) is 7.61. The highest BCUT2D eigenvalue weighted by atomic mass is 16.5. The van der Waals surface area contributed by atoms with Crippen LogP contribution in [0.25, 0.3) is 11.2 Å². The maximum absolute atomic E-state index is 5.91. The summed E-state index contributed by atoms with van der Waals surface area (Å²) in [6, 6.07) is 0. The zero-order chi connectivity index (χ0) is 14.5. The molecule has 0 unspecified atom stereocenters. The molecule has 0 amide bonds. The van der Waals surface area contributed by atoms with Gasteiger partial charge in [0, 0.05) is 13.6 Å². The third-order valence-corrected chi connectivity index (χ3v) is 3.81. The second kappa shape index (κ2) is 6.71. The van der Waals surface area contributed by atoms with Gasteiger partial charge in [-0.1, -0.05) is 19.3 Å². The van der Waals surface area contributed by atoms with Crippen molar-refractivity contribution in [3.8, 4) is 0 Å². The number of nitrogens with one attached hydrogen (secondary N) is 3. The van der Waals surface area contributed by atoms with Gasteiger partial charge in [-0.15, -0.1) is 0 Å². The van der Waals surface area contributed by atoms with Crippen LogP contribution in [0.5, 0.6) is 0 Å². The van der Waals surface area contributed by atoms with Gasteiger partial charge in [-0.3, -0.25) is 0 Å². The maximum atomic E-state index is 5.91. The average Bonchev–Trinajstić information content (AvgIpc) is 3.00. The fraction of sp³-hybridized carbons (Fsp3) is 0.643. The van der Waals surface area contributed by atoms with E-state index in [-0.39, 0.29) is 0 Å². The van der Waals surface area contributed by atoms with Gasteiger partial charge < -0.3 is 20.4 Å². The molecule has 0 atom stereocenters. The molecule has 7 heteroatoms. The lowest BCUT2D eigenvalue weighted by Crippen LogP contribution is -2.21. The van der Waals surface area contributed by atoms with Crippen molar-refractivity contribution in [1.82, 2.24) is 19.9 Å². The number of aromatic amines is 1. The van der Waals surface area contributed by atoms with Crippen molar-refractivity contribution in [2.24, 2.45) is 0 Å². The summed E-state index contributed by atoms with van der Waals surface area (Å²) in [5.74, 6) is 1.32. The fourth-order valence-electron chi connectivity index (χ4n) is 2.70. The van der Waals surface area contributed by atoms with E-state index in [1.54, 1.807) is 13.4 Å². The van der Waals surface area contributed by atoms with Crippen LogP contribution in [0.4, 0.5) is 11.8 Å². The number of ether oxygens (including phenoxy) is 1. The second-order valence-electron chi connectivity index (χ2n) is 5.30. The molecule has 3 rings (SSSR count). The van der Waals surface area contributed by atoms with E-state index in [1.165, 1.54) is 32.1 Å². The minimum Gasteiger partial charge on any atom is -0.376 e. The first-order chi connectivity index (χ1) is 10.4. The van der Waals surface area contributed by atoms with Crippen LogP contribution >= 0.6 is 0 Å².